The molecule has 0 atom stereocenters. The molecule has 0 saturated heterocycles. The molecule has 0 aliphatic carbocycles. The maximum Gasteiger partial charge on any atom is 0.269 e. The van der Waals surface area contributed by atoms with Crippen molar-refractivity contribution in [3.63, 3.8) is 0 Å². The maximum atomic E-state index is 13.5. The summed E-state index contributed by atoms with van der Waals surface area (Å²) in [5.41, 5.74) is 4.11. The molecule has 9 heteroatoms. The third kappa shape index (κ3) is 4.39. The molecule has 0 saturated carbocycles. The number of non-ortho nitro benzene ring substituents is 1. The van der Waals surface area contributed by atoms with E-state index in [1.165, 1.54) is 24.3 Å². The number of aromatic nitrogens is 2. The lowest BCUT2D eigenvalue weighted by molar-refractivity contribution is -0.384. The number of fused-ring (bicyclic) bond motifs is 2. The second-order valence-electron chi connectivity index (χ2n) is 8.16. The third-order valence-electron chi connectivity index (χ3n) is 5.98. The molecule has 3 heterocycles. The Labute approximate surface area is 200 Å². The van der Waals surface area contributed by atoms with Gasteiger partial charge in [-0.25, -0.2) is 0 Å². The van der Waals surface area contributed by atoms with E-state index in [0.717, 1.165) is 22.5 Å². The molecule has 35 heavy (non-hydrogen) atoms. The summed E-state index contributed by atoms with van der Waals surface area (Å²) in [4.78, 5) is 42.7. The molecule has 0 unspecified atom stereocenters. The van der Waals surface area contributed by atoms with Gasteiger partial charge in [-0.15, -0.1) is 0 Å². The van der Waals surface area contributed by atoms with Crippen LogP contribution in [0.2, 0.25) is 0 Å². The molecule has 174 valence electrons. The van der Waals surface area contributed by atoms with Crippen LogP contribution >= 0.6 is 0 Å². The van der Waals surface area contributed by atoms with Gasteiger partial charge in [0, 0.05) is 48.0 Å². The number of nitrogens with zero attached hydrogens (tertiary/aromatic N) is 4. The first-order chi connectivity index (χ1) is 17.0. The molecule has 1 aliphatic heterocycles. The van der Waals surface area contributed by atoms with Gasteiger partial charge in [-0.3, -0.25) is 24.7 Å². The summed E-state index contributed by atoms with van der Waals surface area (Å²) in [5.74, 6) is -0.489. The van der Waals surface area contributed by atoms with Gasteiger partial charge >= 0.3 is 0 Å². The Balaban J connectivity index is 1.44. The lowest BCUT2D eigenvalue weighted by atomic mass is 10.1. The highest BCUT2D eigenvalue weighted by molar-refractivity contribution is 6.06. The quantitative estimate of drug-likeness (QED) is 0.353. The van der Waals surface area contributed by atoms with Crippen LogP contribution in [0.5, 0.6) is 0 Å². The van der Waals surface area contributed by atoms with Crippen molar-refractivity contribution in [2.24, 2.45) is 0 Å². The van der Waals surface area contributed by atoms with E-state index in [1.807, 2.05) is 47.0 Å². The number of anilines is 1. The SMILES string of the molecule is O=C(NCc1cccnc1)c1ccc2n1Cc1ccccc1N(C(=O)c1ccc([N+](=O)[O-])cc1)C2. The molecule has 0 fully saturated rings. The number of carbonyl (C=O) groups is 2. The van der Waals surface area contributed by atoms with Gasteiger partial charge in [-0.1, -0.05) is 24.3 Å². The van der Waals surface area contributed by atoms with Crippen LogP contribution in [-0.4, -0.2) is 26.3 Å². The Morgan fingerprint density at radius 1 is 0.971 bits per heavy atom. The summed E-state index contributed by atoms with van der Waals surface area (Å²) in [7, 11) is 0. The van der Waals surface area contributed by atoms with E-state index < -0.39 is 4.92 Å². The van der Waals surface area contributed by atoms with Crippen LogP contribution in [0.4, 0.5) is 11.4 Å². The fourth-order valence-corrected chi connectivity index (χ4v) is 4.20. The molecule has 1 aliphatic rings. The molecule has 2 aromatic carbocycles. The number of para-hydroxylation sites is 1. The number of pyridine rings is 1. The lowest BCUT2D eigenvalue weighted by Crippen LogP contribution is -2.30. The van der Waals surface area contributed by atoms with Crippen molar-refractivity contribution in [3.05, 3.63) is 123 Å². The van der Waals surface area contributed by atoms with Gasteiger partial charge in [0.25, 0.3) is 17.5 Å². The van der Waals surface area contributed by atoms with Crippen LogP contribution in [0.25, 0.3) is 0 Å². The molecule has 0 bridgehead atoms. The van der Waals surface area contributed by atoms with Crippen LogP contribution in [0, 0.1) is 10.1 Å². The molecule has 2 aromatic heterocycles. The fourth-order valence-electron chi connectivity index (χ4n) is 4.20. The highest BCUT2D eigenvalue weighted by atomic mass is 16.6. The van der Waals surface area contributed by atoms with E-state index in [4.69, 9.17) is 0 Å². The Morgan fingerprint density at radius 2 is 1.77 bits per heavy atom. The van der Waals surface area contributed by atoms with E-state index in [1.54, 1.807) is 23.4 Å². The second kappa shape index (κ2) is 9.22. The molecule has 4 aromatic rings. The number of hydrogen-bond donors (Lipinski definition) is 1. The highest BCUT2D eigenvalue weighted by Gasteiger charge is 2.27. The Bertz CT molecular complexity index is 1410. The number of nitro groups is 1. The van der Waals surface area contributed by atoms with Crippen LogP contribution < -0.4 is 10.2 Å². The number of nitrogens with one attached hydrogen (secondary N) is 1. The summed E-state index contributed by atoms with van der Waals surface area (Å²) < 4.78 is 1.92. The standard InChI is InChI=1S/C26H21N5O4/c32-25(28-15-18-4-3-13-27-14-18)24-12-11-22-17-30(23-6-2-1-5-20(23)16-29(22)24)26(33)19-7-9-21(10-8-19)31(34)35/h1-14H,15-17H2,(H,28,32). The minimum absolute atomic E-state index is 0.0753. The first-order valence-corrected chi connectivity index (χ1v) is 11.0. The zero-order valence-electron chi connectivity index (χ0n) is 18.6. The molecule has 2 amide bonds. The van der Waals surface area contributed by atoms with E-state index >= 15 is 0 Å². The van der Waals surface area contributed by atoms with Crippen molar-refractivity contribution >= 4 is 23.2 Å². The molecule has 5 rings (SSSR count). The number of amides is 2. The fraction of sp³-hybridized carbons (Fsp3) is 0.115. The number of carbonyl (C=O) groups excluding carboxylic acids is 2. The second-order valence-corrected chi connectivity index (χ2v) is 8.16. The van der Waals surface area contributed by atoms with Crippen molar-refractivity contribution in [3.8, 4) is 0 Å². The molecular formula is C26H21N5O4. The highest BCUT2D eigenvalue weighted by Crippen LogP contribution is 2.30. The summed E-state index contributed by atoms with van der Waals surface area (Å²) in [5, 5.41) is 13.9. The minimum atomic E-state index is -0.497. The summed E-state index contributed by atoms with van der Waals surface area (Å²) in [6.45, 7) is 1.04. The van der Waals surface area contributed by atoms with Crippen LogP contribution in [0.15, 0.2) is 85.2 Å². The van der Waals surface area contributed by atoms with Gasteiger partial charge in [-0.05, 0) is 47.5 Å². The zero-order valence-corrected chi connectivity index (χ0v) is 18.6. The molecule has 0 radical (unpaired) electrons. The van der Waals surface area contributed by atoms with Gasteiger partial charge in [0.15, 0.2) is 0 Å². The first-order valence-electron chi connectivity index (χ1n) is 11.0. The summed E-state index contributed by atoms with van der Waals surface area (Å²) in [6, 6.07) is 20.4. The number of hydrogen-bond acceptors (Lipinski definition) is 5. The van der Waals surface area contributed by atoms with Gasteiger partial charge in [0.2, 0.25) is 0 Å². The van der Waals surface area contributed by atoms with Crippen molar-refractivity contribution in [1.82, 2.24) is 14.9 Å². The number of rotatable bonds is 5. The van der Waals surface area contributed by atoms with E-state index in [2.05, 4.69) is 10.3 Å². The van der Waals surface area contributed by atoms with Crippen molar-refractivity contribution in [2.45, 2.75) is 19.6 Å². The Morgan fingerprint density at radius 3 is 2.51 bits per heavy atom. The predicted octanol–water partition coefficient (Wildman–Crippen LogP) is 3.93. The van der Waals surface area contributed by atoms with Gasteiger partial charge < -0.3 is 14.8 Å². The summed E-state index contributed by atoms with van der Waals surface area (Å²) in [6.07, 6.45) is 3.39. The number of nitro benzene ring substituents is 1. The monoisotopic (exact) mass is 467 g/mol. The van der Waals surface area contributed by atoms with Crippen molar-refractivity contribution in [1.29, 1.82) is 0 Å². The van der Waals surface area contributed by atoms with E-state index in [0.29, 0.717) is 24.3 Å². The van der Waals surface area contributed by atoms with Crippen LogP contribution in [-0.2, 0) is 19.6 Å². The smallest absolute Gasteiger partial charge is 0.269 e. The maximum absolute atomic E-state index is 13.5. The average Bonchev–Trinajstić information content (AvgIpc) is 3.20. The minimum Gasteiger partial charge on any atom is -0.347 e. The largest absolute Gasteiger partial charge is 0.347 e. The third-order valence-corrected chi connectivity index (χ3v) is 5.98. The molecule has 9 nitrogen and oxygen atoms in total. The van der Waals surface area contributed by atoms with Gasteiger partial charge in [0.05, 0.1) is 18.0 Å². The van der Waals surface area contributed by atoms with E-state index in [9.17, 15) is 19.7 Å². The topological polar surface area (TPSA) is 110 Å². The molecule has 0 spiro atoms. The molecular weight excluding hydrogens is 446 g/mol. The zero-order chi connectivity index (χ0) is 24.4. The Kier molecular flexibility index (Phi) is 5.80. The van der Waals surface area contributed by atoms with E-state index in [-0.39, 0.29) is 24.0 Å². The van der Waals surface area contributed by atoms with Gasteiger partial charge in [-0.2, -0.15) is 0 Å². The molecule has 1 N–H and O–H groups in total. The van der Waals surface area contributed by atoms with Crippen LogP contribution in [0.1, 0.15) is 37.7 Å². The summed E-state index contributed by atoms with van der Waals surface area (Å²) >= 11 is 0. The van der Waals surface area contributed by atoms with Crippen LogP contribution in [0.3, 0.4) is 0 Å². The van der Waals surface area contributed by atoms with Crippen molar-refractivity contribution in [2.75, 3.05) is 4.90 Å². The number of benzene rings is 2. The average molecular weight is 467 g/mol. The predicted molar refractivity (Wildman–Crippen MR) is 129 cm³/mol. The lowest BCUT2D eigenvalue weighted by Gasteiger charge is -2.22. The normalized spacial score (nSPS) is 12.3. The van der Waals surface area contributed by atoms with Gasteiger partial charge in [0.1, 0.15) is 5.69 Å². The first kappa shape index (κ1) is 22.0. The van der Waals surface area contributed by atoms with Crippen molar-refractivity contribution < 1.29 is 14.5 Å². The Hall–Kier alpha value is -4.79.